The lowest BCUT2D eigenvalue weighted by Crippen LogP contribution is -2.15. The Labute approximate surface area is 185 Å². The van der Waals surface area contributed by atoms with Gasteiger partial charge in [-0.15, -0.1) is 11.3 Å². The summed E-state index contributed by atoms with van der Waals surface area (Å²) < 4.78 is 7.98. The van der Waals surface area contributed by atoms with Crippen LogP contribution in [0, 0.1) is 0 Å². The molecule has 0 atom stereocenters. The summed E-state index contributed by atoms with van der Waals surface area (Å²) >= 11 is 1.80. The predicted molar refractivity (Wildman–Crippen MR) is 127 cm³/mol. The standard InChI is InChI=1S/C26H23NO3S/c1-14(27-30-15(2)28)16-6-9-24-20(10-16)21-12-23-19(13-25(21)31-24)18-8-7-17(29-5)11-22(18)26(23,3)4/h6-13H,1-5H3/b27-14+. The molecule has 1 heterocycles. The van der Waals surface area contributed by atoms with Crippen LogP contribution in [-0.4, -0.2) is 18.8 Å². The molecule has 0 fully saturated rings. The molecule has 156 valence electrons. The molecular formula is C26H23NO3S. The van der Waals surface area contributed by atoms with Crippen molar-refractivity contribution in [2.24, 2.45) is 5.16 Å². The van der Waals surface area contributed by atoms with Gasteiger partial charge in [-0.1, -0.05) is 31.1 Å². The summed E-state index contributed by atoms with van der Waals surface area (Å²) in [6.07, 6.45) is 0. The van der Waals surface area contributed by atoms with Crippen LogP contribution in [0.3, 0.4) is 0 Å². The van der Waals surface area contributed by atoms with Crippen LogP contribution in [0.15, 0.2) is 53.7 Å². The number of hydrogen-bond acceptors (Lipinski definition) is 5. The van der Waals surface area contributed by atoms with Crippen molar-refractivity contribution in [3.05, 3.63) is 65.2 Å². The lowest BCUT2D eigenvalue weighted by atomic mass is 9.82. The molecule has 0 unspecified atom stereocenters. The Morgan fingerprint density at radius 3 is 2.39 bits per heavy atom. The first-order chi connectivity index (χ1) is 14.8. The van der Waals surface area contributed by atoms with E-state index < -0.39 is 5.97 Å². The maximum Gasteiger partial charge on any atom is 0.331 e. The minimum atomic E-state index is -0.421. The minimum absolute atomic E-state index is 0.105. The Morgan fingerprint density at radius 1 is 0.903 bits per heavy atom. The topological polar surface area (TPSA) is 47.9 Å². The SMILES string of the molecule is COc1ccc2c(c1)C(C)(C)c1cc3c(cc1-2)sc1ccc(/C(C)=N/OC(C)=O)cc13. The van der Waals surface area contributed by atoms with E-state index in [9.17, 15) is 4.79 Å². The number of fused-ring (bicyclic) bond motifs is 6. The van der Waals surface area contributed by atoms with Gasteiger partial charge in [0.25, 0.3) is 0 Å². The third kappa shape index (κ3) is 3.03. The van der Waals surface area contributed by atoms with Gasteiger partial charge in [-0.2, -0.15) is 0 Å². The lowest BCUT2D eigenvalue weighted by molar-refractivity contribution is -0.140. The summed E-state index contributed by atoms with van der Waals surface area (Å²) in [5.74, 6) is 0.467. The van der Waals surface area contributed by atoms with Gasteiger partial charge in [0.15, 0.2) is 0 Å². The number of carbonyl (C=O) groups is 1. The molecule has 0 spiro atoms. The molecule has 4 aromatic rings. The summed E-state index contributed by atoms with van der Waals surface area (Å²) in [6.45, 7) is 7.75. The van der Waals surface area contributed by atoms with Gasteiger partial charge in [0.2, 0.25) is 0 Å². The molecule has 0 saturated heterocycles. The molecule has 5 heteroatoms. The third-order valence-corrected chi connectivity index (χ3v) is 7.34. The zero-order valence-corrected chi connectivity index (χ0v) is 19.0. The van der Waals surface area contributed by atoms with Crippen LogP contribution in [0.4, 0.5) is 0 Å². The largest absolute Gasteiger partial charge is 0.497 e. The number of oxime groups is 1. The highest BCUT2D eigenvalue weighted by molar-refractivity contribution is 7.25. The number of thiophene rings is 1. The van der Waals surface area contributed by atoms with Crippen LogP contribution >= 0.6 is 11.3 Å². The van der Waals surface area contributed by atoms with Gasteiger partial charge < -0.3 is 9.57 Å². The average Bonchev–Trinajstić information content (AvgIpc) is 3.22. The van der Waals surface area contributed by atoms with Crippen molar-refractivity contribution in [2.75, 3.05) is 7.11 Å². The number of carbonyl (C=O) groups excluding carboxylic acids is 1. The molecule has 0 amide bonds. The van der Waals surface area contributed by atoms with Gasteiger partial charge in [0, 0.05) is 32.5 Å². The fraction of sp³-hybridized carbons (Fsp3) is 0.231. The van der Waals surface area contributed by atoms with E-state index in [1.807, 2.05) is 19.1 Å². The number of methoxy groups -OCH3 is 1. The molecular weight excluding hydrogens is 406 g/mol. The number of rotatable bonds is 3. The first-order valence-electron chi connectivity index (χ1n) is 10.2. The Morgan fingerprint density at radius 2 is 1.65 bits per heavy atom. The second-order valence-corrected chi connectivity index (χ2v) is 9.59. The van der Waals surface area contributed by atoms with Gasteiger partial charge >= 0.3 is 5.97 Å². The van der Waals surface area contributed by atoms with Crippen LogP contribution in [0.2, 0.25) is 0 Å². The van der Waals surface area contributed by atoms with Crippen LogP contribution in [-0.2, 0) is 15.0 Å². The molecule has 1 aliphatic carbocycles. The van der Waals surface area contributed by atoms with Crippen molar-refractivity contribution >= 4 is 43.2 Å². The van der Waals surface area contributed by atoms with Crippen molar-refractivity contribution in [1.29, 1.82) is 0 Å². The van der Waals surface area contributed by atoms with Crippen molar-refractivity contribution < 1.29 is 14.4 Å². The fourth-order valence-corrected chi connectivity index (χ4v) is 5.63. The quantitative estimate of drug-likeness (QED) is 0.208. The molecule has 0 radical (unpaired) electrons. The third-order valence-electron chi connectivity index (χ3n) is 6.20. The minimum Gasteiger partial charge on any atom is -0.497 e. The molecule has 0 aliphatic heterocycles. The van der Waals surface area contributed by atoms with E-state index in [2.05, 4.69) is 55.4 Å². The van der Waals surface area contributed by atoms with Gasteiger partial charge in [-0.25, -0.2) is 4.79 Å². The van der Waals surface area contributed by atoms with Crippen molar-refractivity contribution in [2.45, 2.75) is 33.1 Å². The molecule has 3 aromatic carbocycles. The number of hydrogen-bond donors (Lipinski definition) is 0. The molecule has 31 heavy (non-hydrogen) atoms. The Kier molecular flexibility index (Phi) is 4.41. The summed E-state index contributed by atoms with van der Waals surface area (Å²) in [5.41, 5.74) is 6.73. The Hall–Kier alpha value is -3.18. The van der Waals surface area contributed by atoms with E-state index in [4.69, 9.17) is 9.57 Å². The molecule has 1 aliphatic rings. The number of benzene rings is 3. The number of nitrogens with zero attached hydrogens (tertiary/aromatic N) is 1. The van der Waals surface area contributed by atoms with Crippen LogP contribution in [0.5, 0.6) is 5.75 Å². The molecule has 1 aromatic heterocycles. The van der Waals surface area contributed by atoms with Gasteiger partial charge in [0.1, 0.15) is 5.75 Å². The maximum absolute atomic E-state index is 11.1. The first kappa shape index (κ1) is 19.8. The molecule has 0 saturated carbocycles. The summed E-state index contributed by atoms with van der Waals surface area (Å²) in [4.78, 5) is 15.9. The Balaban J connectivity index is 1.70. The molecule has 0 bridgehead atoms. The Bertz CT molecular complexity index is 1410. The zero-order valence-electron chi connectivity index (χ0n) is 18.2. The van der Waals surface area contributed by atoms with E-state index in [1.165, 1.54) is 49.3 Å². The normalized spacial score (nSPS) is 14.5. The van der Waals surface area contributed by atoms with Crippen molar-refractivity contribution in [3.8, 4) is 16.9 Å². The van der Waals surface area contributed by atoms with E-state index >= 15 is 0 Å². The van der Waals surface area contributed by atoms with Crippen LogP contribution < -0.4 is 4.74 Å². The molecule has 4 nitrogen and oxygen atoms in total. The maximum atomic E-state index is 11.1. The smallest absolute Gasteiger partial charge is 0.331 e. The highest BCUT2D eigenvalue weighted by atomic mass is 32.1. The van der Waals surface area contributed by atoms with Gasteiger partial charge in [0.05, 0.1) is 12.8 Å². The lowest BCUT2D eigenvalue weighted by Gasteiger charge is -2.22. The summed E-state index contributed by atoms with van der Waals surface area (Å²) in [7, 11) is 1.71. The van der Waals surface area contributed by atoms with Crippen LogP contribution in [0.1, 0.15) is 44.4 Å². The molecule has 5 rings (SSSR count). The predicted octanol–water partition coefficient (Wildman–Crippen LogP) is 6.66. The van der Waals surface area contributed by atoms with Crippen molar-refractivity contribution in [1.82, 2.24) is 0 Å². The monoisotopic (exact) mass is 429 g/mol. The van der Waals surface area contributed by atoms with E-state index in [0.717, 1.165) is 11.3 Å². The zero-order chi connectivity index (χ0) is 21.9. The second kappa shape index (κ2) is 6.92. The van der Waals surface area contributed by atoms with E-state index in [-0.39, 0.29) is 5.41 Å². The average molecular weight is 430 g/mol. The fourth-order valence-electron chi connectivity index (χ4n) is 4.52. The highest BCUT2D eigenvalue weighted by Gasteiger charge is 2.36. The summed E-state index contributed by atoms with van der Waals surface area (Å²) in [5, 5.41) is 6.39. The molecule has 0 N–H and O–H groups in total. The first-order valence-corrected chi connectivity index (χ1v) is 11.0. The van der Waals surface area contributed by atoms with Gasteiger partial charge in [-0.05, 0) is 71.1 Å². The second-order valence-electron chi connectivity index (χ2n) is 8.50. The van der Waals surface area contributed by atoms with Gasteiger partial charge in [-0.3, -0.25) is 0 Å². The number of ether oxygens (including phenoxy) is 1. The highest BCUT2D eigenvalue weighted by Crippen LogP contribution is 2.52. The van der Waals surface area contributed by atoms with Crippen molar-refractivity contribution in [3.63, 3.8) is 0 Å². The van der Waals surface area contributed by atoms with Crippen LogP contribution in [0.25, 0.3) is 31.3 Å². The van der Waals surface area contributed by atoms with E-state index in [1.54, 1.807) is 18.4 Å². The summed E-state index contributed by atoms with van der Waals surface area (Å²) in [6, 6.07) is 17.3. The van der Waals surface area contributed by atoms with E-state index in [0.29, 0.717) is 5.71 Å².